The minimum absolute atomic E-state index is 0.0367. The zero-order chi connectivity index (χ0) is 22.5. The van der Waals surface area contributed by atoms with E-state index in [1.54, 1.807) is 9.13 Å². The summed E-state index contributed by atoms with van der Waals surface area (Å²) in [7, 11) is 1.91. The topological polar surface area (TPSA) is 63.4 Å². The molecule has 0 unspecified atom stereocenters. The van der Waals surface area contributed by atoms with Crippen molar-refractivity contribution in [1.29, 1.82) is 0 Å². The standard InChI is InChI=1S/C25H33N5O2/c1-3-29-22-9-4-5-10-23(22)30(25(29)32)19-14-24(31)27(2)21-12-17-28(18-13-21)16-11-20-8-6-7-15-26-20/h4-10,15,21H,3,11-14,16-19H2,1-2H3. The summed E-state index contributed by atoms with van der Waals surface area (Å²) in [4.78, 5) is 34.5. The average molecular weight is 436 g/mol. The summed E-state index contributed by atoms with van der Waals surface area (Å²) in [5.41, 5.74) is 2.92. The number of nitrogens with zero attached hydrogens (tertiary/aromatic N) is 5. The van der Waals surface area contributed by atoms with Crippen molar-refractivity contribution in [3.8, 4) is 0 Å². The Labute approximate surface area is 189 Å². The average Bonchev–Trinajstić information content (AvgIpc) is 3.12. The van der Waals surface area contributed by atoms with Gasteiger partial charge in [0.15, 0.2) is 0 Å². The highest BCUT2D eigenvalue weighted by molar-refractivity contribution is 5.78. The number of amides is 1. The van der Waals surface area contributed by atoms with Gasteiger partial charge >= 0.3 is 5.69 Å². The highest BCUT2D eigenvalue weighted by Crippen LogP contribution is 2.18. The van der Waals surface area contributed by atoms with Gasteiger partial charge in [0.1, 0.15) is 0 Å². The van der Waals surface area contributed by atoms with Crippen LogP contribution in [0.1, 0.15) is 31.9 Å². The van der Waals surface area contributed by atoms with E-state index in [-0.39, 0.29) is 17.6 Å². The number of hydrogen-bond donors (Lipinski definition) is 0. The summed E-state index contributed by atoms with van der Waals surface area (Å²) in [6.07, 6.45) is 5.11. The van der Waals surface area contributed by atoms with Crippen LogP contribution in [0.3, 0.4) is 0 Å². The SMILES string of the molecule is CCn1c(=O)n(CCC(=O)N(C)C2CCN(CCc3ccccn3)CC2)c2ccccc21. The molecule has 170 valence electrons. The number of pyridine rings is 1. The molecule has 1 saturated heterocycles. The smallest absolute Gasteiger partial charge is 0.329 e. The van der Waals surface area contributed by atoms with Crippen LogP contribution in [0.15, 0.2) is 53.5 Å². The number of rotatable bonds is 8. The molecular weight excluding hydrogens is 402 g/mol. The number of para-hydroxylation sites is 2. The molecule has 7 heteroatoms. The number of likely N-dealkylation sites (tertiary alicyclic amines) is 1. The second kappa shape index (κ2) is 10.1. The van der Waals surface area contributed by atoms with Gasteiger partial charge in [-0.1, -0.05) is 18.2 Å². The fourth-order valence-corrected chi connectivity index (χ4v) is 4.73. The third-order valence-corrected chi connectivity index (χ3v) is 6.70. The molecular formula is C25H33N5O2. The first kappa shape index (κ1) is 22.3. The summed E-state index contributed by atoms with van der Waals surface area (Å²) in [5.74, 6) is 0.108. The molecule has 1 aliphatic rings. The Hall–Kier alpha value is -2.93. The second-order valence-electron chi connectivity index (χ2n) is 8.57. The molecule has 0 saturated carbocycles. The molecule has 0 spiro atoms. The van der Waals surface area contributed by atoms with Crippen molar-refractivity contribution in [3.05, 3.63) is 64.8 Å². The maximum absolute atomic E-state index is 12.9. The van der Waals surface area contributed by atoms with E-state index in [1.165, 1.54) is 0 Å². The lowest BCUT2D eigenvalue weighted by atomic mass is 10.0. The summed E-state index contributed by atoms with van der Waals surface area (Å²) in [5, 5.41) is 0. The van der Waals surface area contributed by atoms with Crippen LogP contribution in [0.5, 0.6) is 0 Å². The van der Waals surface area contributed by atoms with E-state index in [4.69, 9.17) is 0 Å². The first-order valence-electron chi connectivity index (χ1n) is 11.6. The molecule has 0 bridgehead atoms. The van der Waals surface area contributed by atoms with E-state index in [2.05, 4.69) is 16.0 Å². The van der Waals surface area contributed by atoms with Gasteiger partial charge in [0.05, 0.1) is 11.0 Å². The Kier molecular flexibility index (Phi) is 7.05. The van der Waals surface area contributed by atoms with Crippen LogP contribution in [0.2, 0.25) is 0 Å². The van der Waals surface area contributed by atoms with Crippen LogP contribution in [0.25, 0.3) is 11.0 Å². The van der Waals surface area contributed by atoms with Crippen LogP contribution < -0.4 is 5.69 Å². The first-order chi connectivity index (χ1) is 15.6. The number of aromatic nitrogens is 3. The van der Waals surface area contributed by atoms with Gasteiger partial charge < -0.3 is 9.80 Å². The lowest BCUT2D eigenvalue weighted by Gasteiger charge is -2.36. The number of aryl methyl sites for hydroxylation is 2. The molecule has 2 aromatic heterocycles. The quantitative estimate of drug-likeness (QED) is 0.546. The van der Waals surface area contributed by atoms with Crippen molar-refractivity contribution in [2.45, 2.75) is 51.7 Å². The molecule has 3 aromatic rings. The minimum Gasteiger partial charge on any atom is -0.343 e. The molecule has 0 radical (unpaired) electrons. The van der Waals surface area contributed by atoms with Gasteiger partial charge in [-0.05, 0) is 44.0 Å². The van der Waals surface area contributed by atoms with Crippen molar-refractivity contribution in [2.75, 3.05) is 26.7 Å². The van der Waals surface area contributed by atoms with Crippen molar-refractivity contribution in [1.82, 2.24) is 23.9 Å². The summed E-state index contributed by atoms with van der Waals surface area (Å²) >= 11 is 0. The summed E-state index contributed by atoms with van der Waals surface area (Å²) in [6.45, 7) is 6.01. The van der Waals surface area contributed by atoms with Crippen molar-refractivity contribution >= 4 is 16.9 Å². The van der Waals surface area contributed by atoms with E-state index in [0.717, 1.165) is 55.6 Å². The predicted octanol–water partition coefficient (Wildman–Crippen LogP) is 2.77. The van der Waals surface area contributed by atoms with Gasteiger partial charge in [0.2, 0.25) is 5.91 Å². The molecule has 0 N–H and O–H groups in total. The second-order valence-corrected chi connectivity index (χ2v) is 8.57. The summed E-state index contributed by atoms with van der Waals surface area (Å²) < 4.78 is 3.51. The van der Waals surface area contributed by atoms with E-state index in [0.29, 0.717) is 19.5 Å². The molecule has 1 aliphatic heterocycles. The Morgan fingerprint density at radius 3 is 2.38 bits per heavy atom. The monoisotopic (exact) mass is 435 g/mol. The number of carbonyl (C=O) groups excluding carboxylic acids is 1. The first-order valence-corrected chi connectivity index (χ1v) is 11.6. The Morgan fingerprint density at radius 2 is 1.72 bits per heavy atom. The van der Waals surface area contributed by atoms with Crippen LogP contribution >= 0.6 is 0 Å². The van der Waals surface area contributed by atoms with Gasteiger partial charge in [0, 0.05) is 70.5 Å². The van der Waals surface area contributed by atoms with E-state index >= 15 is 0 Å². The number of imidazole rings is 1. The molecule has 1 amide bonds. The molecule has 1 aromatic carbocycles. The molecule has 32 heavy (non-hydrogen) atoms. The Bertz CT molecular complexity index is 1100. The summed E-state index contributed by atoms with van der Waals surface area (Å²) in [6, 6.07) is 14.1. The van der Waals surface area contributed by atoms with E-state index in [1.807, 2.05) is 61.5 Å². The molecule has 0 aliphatic carbocycles. The number of carbonyl (C=O) groups is 1. The number of piperidine rings is 1. The number of fused-ring (bicyclic) bond motifs is 1. The van der Waals surface area contributed by atoms with Crippen molar-refractivity contribution in [3.63, 3.8) is 0 Å². The van der Waals surface area contributed by atoms with E-state index in [9.17, 15) is 9.59 Å². The van der Waals surface area contributed by atoms with Gasteiger partial charge in [-0.15, -0.1) is 0 Å². The van der Waals surface area contributed by atoms with Gasteiger partial charge in [-0.3, -0.25) is 18.9 Å². The zero-order valence-electron chi connectivity index (χ0n) is 19.1. The third-order valence-electron chi connectivity index (χ3n) is 6.70. The largest absolute Gasteiger partial charge is 0.343 e. The Balaban J connectivity index is 1.29. The maximum Gasteiger partial charge on any atom is 0.329 e. The fraction of sp³-hybridized carbons (Fsp3) is 0.480. The fourth-order valence-electron chi connectivity index (χ4n) is 4.73. The van der Waals surface area contributed by atoms with Crippen LogP contribution in [0, 0.1) is 0 Å². The lowest BCUT2D eigenvalue weighted by molar-refractivity contribution is -0.133. The Morgan fingerprint density at radius 1 is 1.03 bits per heavy atom. The normalized spacial score (nSPS) is 15.3. The van der Waals surface area contributed by atoms with Gasteiger partial charge in [0.25, 0.3) is 0 Å². The predicted molar refractivity (Wildman–Crippen MR) is 127 cm³/mol. The number of hydrogen-bond acceptors (Lipinski definition) is 4. The maximum atomic E-state index is 12.9. The highest BCUT2D eigenvalue weighted by Gasteiger charge is 2.25. The number of benzene rings is 1. The molecule has 3 heterocycles. The highest BCUT2D eigenvalue weighted by atomic mass is 16.2. The lowest BCUT2D eigenvalue weighted by Crippen LogP contribution is -2.46. The van der Waals surface area contributed by atoms with Gasteiger partial charge in [-0.2, -0.15) is 0 Å². The third kappa shape index (κ3) is 4.78. The van der Waals surface area contributed by atoms with Crippen LogP contribution in [-0.2, 0) is 24.3 Å². The minimum atomic E-state index is -0.0367. The van der Waals surface area contributed by atoms with Crippen molar-refractivity contribution in [2.24, 2.45) is 0 Å². The van der Waals surface area contributed by atoms with E-state index < -0.39 is 0 Å². The zero-order valence-corrected chi connectivity index (χ0v) is 19.1. The molecule has 7 nitrogen and oxygen atoms in total. The molecule has 4 rings (SSSR count). The molecule has 1 fully saturated rings. The van der Waals surface area contributed by atoms with Gasteiger partial charge in [-0.25, -0.2) is 4.79 Å². The van der Waals surface area contributed by atoms with Crippen molar-refractivity contribution < 1.29 is 4.79 Å². The van der Waals surface area contributed by atoms with Crippen LogP contribution in [-0.4, -0.2) is 62.5 Å². The van der Waals surface area contributed by atoms with Crippen LogP contribution in [0.4, 0.5) is 0 Å². The molecule has 0 atom stereocenters.